The normalized spacial score (nSPS) is 20.7. The van der Waals surface area contributed by atoms with Gasteiger partial charge >= 0.3 is 0 Å². The van der Waals surface area contributed by atoms with Gasteiger partial charge in [-0.1, -0.05) is 13.0 Å². The number of phenols is 1. The number of anilines is 1. The molecule has 1 heterocycles. The van der Waals surface area contributed by atoms with Crippen molar-refractivity contribution in [3.05, 3.63) is 36.4 Å². The van der Waals surface area contributed by atoms with Crippen LogP contribution in [0.25, 0.3) is 0 Å². The molecule has 1 saturated carbocycles. The maximum absolute atomic E-state index is 12.3. The van der Waals surface area contributed by atoms with E-state index in [-0.39, 0.29) is 29.2 Å². The van der Waals surface area contributed by atoms with Gasteiger partial charge in [0.05, 0.1) is 18.3 Å². The first-order chi connectivity index (χ1) is 12.0. The zero-order valence-corrected chi connectivity index (χ0v) is 14.2. The van der Waals surface area contributed by atoms with Crippen LogP contribution in [0.15, 0.2) is 30.9 Å². The number of carbonyl (C=O) groups excluding carboxylic acids is 2. The lowest BCUT2D eigenvalue weighted by Crippen LogP contribution is -2.30. The van der Waals surface area contributed by atoms with Crippen molar-refractivity contribution < 1.29 is 19.4 Å². The molecule has 2 amide bonds. The van der Waals surface area contributed by atoms with Crippen LogP contribution in [0.3, 0.4) is 0 Å². The molecule has 1 atom stereocenters. The van der Waals surface area contributed by atoms with E-state index in [1.807, 2.05) is 0 Å². The van der Waals surface area contributed by atoms with E-state index in [1.54, 1.807) is 0 Å². The highest BCUT2D eigenvalue weighted by Crippen LogP contribution is 2.49. The largest absolute Gasteiger partial charge is 0.507 e. The summed E-state index contributed by atoms with van der Waals surface area (Å²) in [6.07, 6.45) is 7.00. The number of carbonyl (C=O) groups is 2. The highest BCUT2D eigenvalue weighted by atomic mass is 16.5. The number of phenolic OH excluding ortho intramolecular Hbond substituents is 1. The lowest BCUT2D eigenvalue weighted by molar-refractivity contribution is -0.111. The minimum atomic E-state index is -0.375. The molecule has 134 valence electrons. The molecule has 6 nitrogen and oxygen atoms in total. The Labute approximate surface area is 147 Å². The van der Waals surface area contributed by atoms with Gasteiger partial charge in [0.25, 0.3) is 5.91 Å². The van der Waals surface area contributed by atoms with E-state index in [9.17, 15) is 14.7 Å². The Morgan fingerprint density at radius 2 is 2.20 bits per heavy atom. The Bertz CT molecular complexity index is 682. The van der Waals surface area contributed by atoms with Gasteiger partial charge in [0.1, 0.15) is 5.75 Å². The summed E-state index contributed by atoms with van der Waals surface area (Å²) < 4.78 is 5.84. The molecule has 1 aromatic carbocycles. The molecule has 3 N–H and O–H groups in total. The molecule has 1 aliphatic carbocycles. The van der Waals surface area contributed by atoms with Crippen LogP contribution in [0.2, 0.25) is 0 Å². The third-order valence-corrected chi connectivity index (χ3v) is 5.15. The van der Waals surface area contributed by atoms with Gasteiger partial charge in [-0.25, -0.2) is 0 Å². The molecule has 1 aromatic rings. The average molecular weight is 344 g/mol. The molecule has 0 bridgehead atoms. The SMILES string of the molecule is C=CC(=O)Nc1ccc(O)c(C(=O)NCCC2CC3(CCC3)CO2)c1. The number of aromatic hydroxyl groups is 1. The summed E-state index contributed by atoms with van der Waals surface area (Å²) in [6.45, 7) is 4.71. The molecular formula is C19H24N2O4. The summed E-state index contributed by atoms with van der Waals surface area (Å²) in [4.78, 5) is 23.6. The van der Waals surface area contributed by atoms with Crippen LogP contribution < -0.4 is 10.6 Å². The van der Waals surface area contributed by atoms with Crippen LogP contribution in [-0.4, -0.2) is 36.2 Å². The van der Waals surface area contributed by atoms with Crippen molar-refractivity contribution in [1.29, 1.82) is 0 Å². The van der Waals surface area contributed by atoms with E-state index < -0.39 is 0 Å². The van der Waals surface area contributed by atoms with Crippen molar-refractivity contribution in [2.24, 2.45) is 5.41 Å². The fourth-order valence-corrected chi connectivity index (χ4v) is 3.54. The van der Waals surface area contributed by atoms with Crippen molar-refractivity contribution in [1.82, 2.24) is 5.32 Å². The smallest absolute Gasteiger partial charge is 0.255 e. The first-order valence-corrected chi connectivity index (χ1v) is 8.68. The average Bonchev–Trinajstić information content (AvgIpc) is 3.01. The molecule has 0 aromatic heterocycles. The molecule has 3 rings (SSSR count). The summed E-state index contributed by atoms with van der Waals surface area (Å²) in [5.74, 6) is -0.872. The van der Waals surface area contributed by atoms with Crippen molar-refractivity contribution in [2.45, 2.75) is 38.2 Å². The number of ether oxygens (including phenoxy) is 1. The van der Waals surface area contributed by atoms with E-state index in [2.05, 4.69) is 17.2 Å². The van der Waals surface area contributed by atoms with Crippen LogP contribution >= 0.6 is 0 Å². The first kappa shape index (κ1) is 17.5. The summed E-state index contributed by atoms with van der Waals surface area (Å²) >= 11 is 0. The summed E-state index contributed by atoms with van der Waals surface area (Å²) in [7, 11) is 0. The van der Waals surface area contributed by atoms with E-state index in [0.717, 1.165) is 25.5 Å². The Balaban J connectivity index is 1.51. The molecule has 1 saturated heterocycles. The Morgan fingerprint density at radius 1 is 1.40 bits per heavy atom. The summed E-state index contributed by atoms with van der Waals surface area (Å²) in [5.41, 5.74) is 0.966. The van der Waals surface area contributed by atoms with Crippen molar-refractivity contribution in [2.75, 3.05) is 18.5 Å². The van der Waals surface area contributed by atoms with Gasteiger partial charge in [0.15, 0.2) is 0 Å². The van der Waals surface area contributed by atoms with E-state index >= 15 is 0 Å². The Kier molecular flexibility index (Phi) is 5.08. The molecule has 1 aliphatic heterocycles. The molecule has 1 spiro atoms. The van der Waals surface area contributed by atoms with E-state index in [4.69, 9.17) is 4.74 Å². The van der Waals surface area contributed by atoms with Crippen LogP contribution in [0, 0.1) is 5.41 Å². The van der Waals surface area contributed by atoms with Crippen molar-refractivity contribution >= 4 is 17.5 Å². The fourth-order valence-electron chi connectivity index (χ4n) is 3.54. The van der Waals surface area contributed by atoms with Gasteiger partial charge in [-0.2, -0.15) is 0 Å². The number of nitrogens with one attached hydrogen (secondary N) is 2. The van der Waals surface area contributed by atoms with Crippen LogP contribution in [0.1, 0.15) is 42.5 Å². The van der Waals surface area contributed by atoms with Gasteiger partial charge in [-0.15, -0.1) is 0 Å². The number of rotatable bonds is 6. The lowest BCUT2D eigenvalue weighted by atomic mass is 9.67. The minimum absolute atomic E-state index is 0.125. The first-order valence-electron chi connectivity index (χ1n) is 8.68. The zero-order chi connectivity index (χ0) is 17.9. The molecule has 25 heavy (non-hydrogen) atoms. The van der Waals surface area contributed by atoms with Gasteiger partial charge < -0.3 is 20.5 Å². The molecule has 2 aliphatic rings. The Hall–Kier alpha value is -2.34. The number of hydrogen-bond acceptors (Lipinski definition) is 4. The quantitative estimate of drug-likeness (QED) is 0.547. The van der Waals surface area contributed by atoms with Gasteiger partial charge in [-0.05, 0) is 55.4 Å². The number of amides is 2. The third-order valence-electron chi connectivity index (χ3n) is 5.15. The minimum Gasteiger partial charge on any atom is -0.507 e. The second-order valence-electron chi connectivity index (χ2n) is 6.96. The fraction of sp³-hybridized carbons (Fsp3) is 0.474. The molecule has 1 unspecified atom stereocenters. The highest BCUT2D eigenvalue weighted by Gasteiger charge is 2.44. The van der Waals surface area contributed by atoms with Crippen molar-refractivity contribution in [3.63, 3.8) is 0 Å². The number of benzene rings is 1. The highest BCUT2D eigenvalue weighted by molar-refractivity contribution is 6.01. The molecule has 6 heteroatoms. The third kappa shape index (κ3) is 4.02. The maximum Gasteiger partial charge on any atom is 0.255 e. The monoisotopic (exact) mass is 344 g/mol. The van der Waals surface area contributed by atoms with Gasteiger partial charge in [0, 0.05) is 12.2 Å². The molecular weight excluding hydrogens is 320 g/mol. The van der Waals surface area contributed by atoms with Gasteiger partial charge in [0.2, 0.25) is 5.91 Å². The van der Waals surface area contributed by atoms with Crippen molar-refractivity contribution in [3.8, 4) is 5.75 Å². The standard InChI is InChI=1S/C19H24N2O4/c1-2-17(23)21-13-4-5-16(22)15(10-13)18(24)20-9-6-14-11-19(12-25-14)7-3-8-19/h2,4-5,10,14,22H,1,3,6-9,11-12H2,(H,20,24)(H,21,23). The van der Waals surface area contributed by atoms with Crippen LogP contribution in [0.4, 0.5) is 5.69 Å². The topological polar surface area (TPSA) is 87.7 Å². The summed E-state index contributed by atoms with van der Waals surface area (Å²) in [5, 5.41) is 15.3. The van der Waals surface area contributed by atoms with E-state index in [1.165, 1.54) is 37.5 Å². The lowest BCUT2D eigenvalue weighted by Gasteiger charge is -2.36. The second kappa shape index (κ2) is 7.27. The molecule has 0 radical (unpaired) electrons. The van der Waals surface area contributed by atoms with Gasteiger partial charge in [-0.3, -0.25) is 9.59 Å². The van der Waals surface area contributed by atoms with E-state index in [0.29, 0.717) is 17.6 Å². The predicted molar refractivity (Wildman–Crippen MR) is 94.5 cm³/mol. The summed E-state index contributed by atoms with van der Waals surface area (Å²) in [6, 6.07) is 4.35. The molecule has 2 fully saturated rings. The Morgan fingerprint density at radius 3 is 2.84 bits per heavy atom. The van der Waals surface area contributed by atoms with Crippen LogP contribution in [0.5, 0.6) is 5.75 Å². The number of hydrogen-bond donors (Lipinski definition) is 3. The maximum atomic E-state index is 12.3. The van der Waals surface area contributed by atoms with Crippen LogP contribution in [-0.2, 0) is 9.53 Å². The second-order valence-corrected chi connectivity index (χ2v) is 6.96. The zero-order valence-electron chi connectivity index (χ0n) is 14.2. The predicted octanol–water partition coefficient (Wildman–Crippen LogP) is 2.60.